The summed E-state index contributed by atoms with van der Waals surface area (Å²) in [7, 11) is 1.53. The predicted molar refractivity (Wildman–Crippen MR) is 39.3 cm³/mol. The van der Waals surface area contributed by atoms with Gasteiger partial charge < -0.3 is 10.5 Å². The minimum atomic E-state index is -0.535. The molecule has 0 aromatic carbocycles. The van der Waals surface area contributed by atoms with Crippen LogP contribution in [0.3, 0.4) is 0 Å². The van der Waals surface area contributed by atoms with Gasteiger partial charge in [-0.05, 0) is 12.1 Å². The zero-order chi connectivity index (χ0) is 8.27. The van der Waals surface area contributed by atoms with Gasteiger partial charge in [-0.3, -0.25) is 4.79 Å². The summed E-state index contributed by atoms with van der Waals surface area (Å²) in [5, 5.41) is 0. The third-order valence-corrected chi connectivity index (χ3v) is 1.22. The number of amides is 1. The number of nitrogens with zero attached hydrogens (tertiary/aromatic N) is 1. The van der Waals surface area contributed by atoms with Crippen molar-refractivity contribution in [3.63, 3.8) is 0 Å². The van der Waals surface area contributed by atoms with Crippen LogP contribution in [-0.2, 0) is 0 Å². The molecular weight excluding hydrogens is 144 g/mol. The molecular formula is C7H8N2O2. The first-order valence-electron chi connectivity index (χ1n) is 3.04. The van der Waals surface area contributed by atoms with E-state index in [0.717, 1.165) is 0 Å². The molecule has 0 aliphatic carbocycles. The number of rotatable bonds is 2. The van der Waals surface area contributed by atoms with E-state index in [-0.39, 0.29) is 5.69 Å². The van der Waals surface area contributed by atoms with E-state index in [4.69, 9.17) is 10.5 Å². The van der Waals surface area contributed by atoms with Gasteiger partial charge in [-0.2, -0.15) is 0 Å². The first kappa shape index (κ1) is 7.53. The van der Waals surface area contributed by atoms with Crippen molar-refractivity contribution in [1.82, 2.24) is 4.98 Å². The van der Waals surface area contributed by atoms with Crippen molar-refractivity contribution >= 4 is 5.91 Å². The summed E-state index contributed by atoms with van der Waals surface area (Å²) in [4.78, 5) is 14.3. The quantitative estimate of drug-likeness (QED) is 0.657. The lowest BCUT2D eigenvalue weighted by Crippen LogP contribution is -2.12. The smallest absolute Gasteiger partial charge is 0.267 e. The fraction of sp³-hybridized carbons (Fsp3) is 0.143. The Bertz CT molecular complexity index is 256. The van der Waals surface area contributed by atoms with Gasteiger partial charge in [-0.25, -0.2) is 4.98 Å². The number of primary amides is 1. The number of ether oxygens (including phenoxy) is 1. The van der Waals surface area contributed by atoms with Crippen molar-refractivity contribution in [2.24, 2.45) is 5.73 Å². The molecule has 0 aliphatic rings. The van der Waals surface area contributed by atoms with E-state index in [1.54, 1.807) is 6.07 Å². The fourth-order valence-electron chi connectivity index (χ4n) is 0.647. The molecule has 0 atom stereocenters. The lowest BCUT2D eigenvalue weighted by atomic mass is 10.3. The van der Waals surface area contributed by atoms with Gasteiger partial charge in [0.05, 0.1) is 13.3 Å². The number of methoxy groups -OCH3 is 1. The lowest BCUT2D eigenvalue weighted by Gasteiger charge is -1.97. The van der Waals surface area contributed by atoms with Crippen LogP contribution in [0.2, 0.25) is 0 Å². The summed E-state index contributed by atoms with van der Waals surface area (Å²) in [5.41, 5.74) is 5.20. The maximum atomic E-state index is 10.5. The van der Waals surface area contributed by atoms with Crippen LogP contribution in [0.1, 0.15) is 10.5 Å². The van der Waals surface area contributed by atoms with Crippen LogP contribution < -0.4 is 10.5 Å². The molecule has 1 heterocycles. The Labute approximate surface area is 64.0 Å². The molecule has 0 unspecified atom stereocenters. The zero-order valence-corrected chi connectivity index (χ0v) is 6.07. The second-order valence-electron chi connectivity index (χ2n) is 1.95. The highest BCUT2D eigenvalue weighted by atomic mass is 16.5. The molecule has 1 aromatic rings. The fourth-order valence-corrected chi connectivity index (χ4v) is 0.647. The van der Waals surface area contributed by atoms with Crippen molar-refractivity contribution in [2.75, 3.05) is 7.11 Å². The Balaban J connectivity index is 2.91. The molecule has 4 heteroatoms. The summed E-state index contributed by atoms with van der Waals surface area (Å²) >= 11 is 0. The normalized spacial score (nSPS) is 9.18. The molecule has 2 N–H and O–H groups in total. The second-order valence-corrected chi connectivity index (χ2v) is 1.95. The molecule has 0 spiro atoms. The maximum absolute atomic E-state index is 10.5. The Morgan fingerprint density at radius 2 is 2.36 bits per heavy atom. The predicted octanol–water partition coefficient (Wildman–Crippen LogP) is 0.189. The van der Waals surface area contributed by atoms with Crippen LogP contribution in [0.15, 0.2) is 18.3 Å². The summed E-state index contributed by atoms with van der Waals surface area (Å²) in [5.74, 6) is 0.0719. The van der Waals surface area contributed by atoms with Crippen LogP contribution in [-0.4, -0.2) is 18.0 Å². The molecule has 1 amide bonds. The Hall–Kier alpha value is -1.58. The number of aromatic nitrogens is 1. The van der Waals surface area contributed by atoms with Gasteiger partial charge in [0.2, 0.25) is 0 Å². The van der Waals surface area contributed by atoms with Crippen LogP contribution >= 0.6 is 0 Å². The molecule has 0 radical (unpaired) electrons. The SMILES string of the molecule is COc1ccc(C(N)=O)nc1. The average Bonchev–Trinajstić information content (AvgIpc) is 2.05. The van der Waals surface area contributed by atoms with E-state index in [9.17, 15) is 4.79 Å². The molecule has 1 aromatic heterocycles. The zero-order valence-electron chi connectivity index (χ0n) is 6.07. The minimum absolute atomic E-state index is 0.241. The number of nitrogens with two attached hydrogens (primary N) is 1. The molecule has 0 fully saturated rings. The third-order valence-electron chi connectivity index (χ3n) is 1.22. The number of carbonyl (C=O) groups is 1. The Morgan fingerprint density at radius 1 is 1.64 bits per heavy atom. The van der Waals surface area contributed by atoms with Gasteiger partial charge in [0.15, 0.2) is 0 Å². The first-order valence-corrected chi connectivity index (χ1v) is 3.04. The van der Waals surface area contributed by atoms with E-state index in [0.29, 0.717) is 5.75 Å². The number of hydrogen-bond donors (Lipinski definition) is 1. The maximum Gasteiger partial charge on any atom is 0.267 e. The van der Waals surface area contributed by atoms with Crippen LogP contribution in [0.25, 0.3) is 0 Å². The standard InChI is InChI=1S/C7H8N2O2/c1-11-5-2-3-6(7(8)10)9-4-5/h2-4H,1H3,(H2,8,10). The van der Waals surface area contributed by atoms with Crippen molar-refractivity contribution in [2.45, 2.75) is 0 Å². The average molecular weight is 152 g/mol. The highest BCUT2D eigenvalue weighted by Gasteiger charge is 1.99. The molecule has 58 valence electrons. The largest absolute Gasteiger partial charge is 0.495 e. The van der Waals surface area contributed by atoms with E-state index < -0.39 is 5.91 Å². The Morgan fingerprint density at radius 3 is 2.73 bits per heavy atom. The van der Waals surface area contributed by atoms with Gasteiger partial charge in [-0.1, -0.05) is 0 Å². The van der Waals surface area contributed by atoms with E-state index in [2.05, 4.69) is 4.98 Å². The second kappa shape index (κ2) is 3.01. The van der Waals surface area contributed by atoms with Crippen molar-refractivity contribution < 1.29 is 9.53 Å². The van der Waals surface area contributed by atoms with E-state index in [1.165, 1.54) is 19.4 Å². The number of hydrogen-bond acceptors (Lipinski definition) is 3. The van der Waals surface area contributed by atoms with Gasteiger partial charge in [0.25, 0.3) is 5.91 Å². The van der Waals surface area contributed by atoms with Gasteiger partial charge in [0, 0.05) is 0 Å². The van der Waals surface area contributed by atoms with Crippen molar-refractivity contribution in [1.29, 1.82) is 0 Å². The number of pyridine rings is 1. The van der Waals surface area contributed by atoms with Crippen molar-refractivity contribution in [3.05, 3.63) is 24.0 Å². The summed E-state index contributed by atoms with van der Waals surface area (Å²) in [6.45, 7) is 0. The topological polar surface area (TPSA) is 65.2 Å². The van der Waals surface area contributed by atoms with Crippen molar-refractivity contribution in [3.8, 4) is 5.75 Å². The molecule has 4 nitrogen and oxygen atoms in total. The molecule has 0 saturated heterocycles. The van der Waals surface area contributed by atoms with E-state index in [1.807, 2.05) is 0 Å². The summed E-state index contributed by atoms with van der Waals surface area (Å²) in [6, 6.07) is 3.15. The molecule has 11 heavy (non-hydrogen) atoms. The third kappa shape index (κ3) is 1.67. The van der Waals surface area contributed by atoms with Gasteiger partial charge >= 0.3 is 0 Å². The monoisotopic (exact) mass is 152 g/mol. The van der Waals surface area contributed by atoms with Crippen LogP contribution in [0.5, 0.6) is 5.75 Å². The van der Waals surface area contributed by atoms with Crippen LogP contribution in [0, 0.1) is 0 Å². The molecule has 0 bridgehead atoms. The minimum Gasteiger partial charge on any atom is -0.495 e. The van der Waals surface area contributed by atoms with Gasteiger partial charge in [-0.15, -0.1) is 0 Å². The summed E-state index contributed by atoms with van der Waals surface area (Å²) < 4.78 is 4.83. The highest BCUT2D eigenvalue weighted by molar-refractivity contribution is 5.90. The highest BCUT2D eigenvalue weighted by Crippen LogP contribution is 2.06. The Kier molecular flexibility index (Phi) is 2.06. The van der Waals surface area contributed by atoms with Gasteiger partial charge in [0.1, 0.15) is 11.4 Å². The van der Waals surface area contributed by atoms with Crippen LogP contribution in [0.4, 0.5) is 0 Å². The first-order chi connectivity index (χ1) is 5.24. The molecule has 1 rings (SSSR count). The molecule has 0 aliphatic heterocycles. The molecule has 0 saturated carbocycles. The van der Waals surface area contributed by atoms with E-state index >= 15 is 0 Å². The number of carbonyl (C=O) groups excluding carboxylic acids is 1. The summed E-state index contributed by atoms with van der Waals surface area (Å²) in [6.07, 6.45) is 1.44. The lowest BCUT2D eigenvalue weighted by molar-refractivity contribution is 0.0995.